The molecule has 0 saturated carbocycles. The minimum Gasteiger partial charge on any atom is -0.496 e. The summed E-state index contributed by atoms with van der Waals surface area (Å²) < 4.78 is 29.4. The Hall–Kier alpha value is -3.28. The topological polar surface area (TPSA) is 60.7 Å². The van der Waals surface area contributed by atoms with E-state index >= 15 is 0 Å². The van der Waals surface area contributed by atoms with Crippen LogP contribution in [-0.2, 0) is 6.61 Å². The third-order valence-electron chi connectivity index (χ3n) is 4.31. The molecule has 0 spiro atoms. The molecule has 0 aliphatic heterocycles. The molecule has 0 aliphatic carbocycles. The van der Waals surface area contributed by atoms with Gasteiger partial charge in [0.25, 0.3) is 5.91 Å². The number of nitrogens with one attached hydrogen (secondary N) is 1. The van der Waals surface area contributed by atoms with Crippen molar-refractivity contribution in [1.82, 2.24) is 5.32 Å². The molecule has 0 radical (unpaired) electrons. The van der Waals surface area contributed by atoms with Gasteiger partial charge in [0.1, 0.15) is 29.7 Å². The minimum absolute atomic E-state index is 0.141. The van der Waals surface area contributed by atoms with Gasteiger partial charge in [-0.25, -0.2) is 4.39 Å². The van der Waals surface area contributed by atoms with E-state index in [2.05, 4.69) is 5.32 Å². The molecule has 0 saturated heterocycles. The molecule has 5 nitrogen and oxygen atoms in total. The fraction of sp³-hybridized carbons (Fsp3) is 0.227. The van der Waals surface area contributed by atoms with Gasteiger partial charge >= 0.3 is 0 Å². The van der Waals surface area contributed by atoms with Crippen molar-refractivity contribution >= 4 is 5.91 Å². The summed E-state index contributed by atoms with van der Waals surface area (Å²) in [4.78, 5) is 12.6. The number of carbonyl (C=O) groups is 1. The lowest BCUT2D eigenvalue weighted by Gasteiger charge is -2.19. The lowest BCUT2D eigenvalue weighted by molar-refractivity contribution is 0.0903. The molecule has 1 N–H and O–H groups in total. The van der Waals surface area contributed by atoms with Gasteiger partial charge in [0.05, 0.1) is 13.2 Å². The normalized spacial score (nSPS) is 11.7. The first-order chi connectivity index (χ1) is 13.6. The van der Waals surface area contributed by atoms with Gasteiger partial charge in [0, 0.05) is 5.56 Å². The summed E-state index contributed by atoms with van der Waals surface area (Å²) in [6, 6.07) is 16.4. The summed E-state index contributed by atoms with van der Waals surface area (Å²) >= 11 is 0. The van der Waals surface area contributed by atoms with Crippen LogP contribution in [0.25, 0.3) is 0 Å². The van der Waals surface area contributed by atoms with Crippen molar-refractivity contribution in [3.63, 3.8) is 0 Å². The summed E-state index contributed by atoms with van der Waals surface area (Å²) in [6.07, 6.45) is 0.702. The number of furan rings is 1. The van der Waals surface area contributed by atoms with Crippen LogP contribution in [0.2, 0.25) is 0 Å². The monoisotopic (exact) mass is 383 g/mol. The molecule has 1 heterocycles. The molecule has 6 heteroatoms. The zero-order chi connectivity index (χ0) is 19.9. The predicted molar refractivity (Wildman–Crippen MR) is 103 cm³/mol. The van der Waals surface area contributed by atoms with Gasteiger partial charge in [-0.05, 0) is 48.9 Å². The van der Waals surface area contributed by atoms with Crippen LogP contribution < -0.4 is 14.8 Å². The summed E-state index contributed by atoms with van der Waals surface area (Å²) in [5, 5.41) is 2.97. The van der Waals surface area contributed by atoms with Gasteiger partial charge in [0.15, 0.2) is 5.76 Å². The number of hydrogen-bond acceptors (Lipinski definition) is 4. The van der Waals surface area contributed by atoms with E-state index in [0.717, 1.165) is 11.3 Å². The summed E-state index contributed by atoms with van der Waals surface area (Å²) in [6.45, 7) is 2.13. The van der Waals surface area contributed by atoms with Gasteiger partial charge in [-0.3, -0.25) is 4.79 Å². The maximum atomic E-state index is 12.9. The quantitative estimate of drug-likeness (QED) is 0.602. The molecule has 146 valence electrons. The number of carbonyl (C=O) groups excluding carboxylic acids is 1. The number of amides is 1. The second kappa shape index (κ2) is 9.08. The van der Waals surface area contributed by atoms with E-state index in [4.69, 9.17) is 13.9 Å². The molecule has 1 atom stereocenters. The van der Waals surface area contributed by atoms with E-state index in [9.17, 15) is 9.18 Å². The molecule has 0 bridgehead atoms. The molecule has 0 fully saturated rings. The van der Waals surface area contributed by atoms with Crippen molar-refractivity contribution < 1.29 is 23.1 Å². The zero-order valence-corrected chi connectivity index (χ0v) is 15.8. The van der Waals surface area contributed by atoms with Gasteiger partial charge < -0.3 is 19.2 Å². The van der Waals surface area contributed by atoms with Crippen LogP contribution in [0, 0.1) is 5.82 Å². The van der Waals surface area contributed by atoms with Crippen LogP contribution in [0.5, 0.6) is 11.5 Å². The molecule has 2 aromatic carbocycles. The zero-order valence-electron chi connectivity index (χ0n) is 15.8. The Labute approximate surface area is 163 Å². The fourth-order valence-electron chi connectivity index (χ4n) is 2.85. The highest BCUT2D eigenvalue weighted by Crippen LogP contribution is 2.27. The number of para-hydroxylation sites is 1. The van der Waals surface area contributed by atoms with Crippen molar-refractivity contribution in [2.75, 3.05) is 7.11 Å². The number of hydrogen-bond donors (Lipinski definition) is 1. The van der Waals surface area contributed by atoms with E-state index in [1.807, 2.05) is 31.2 Å². The first-order valence-electron chi connectivity index (χ1n) is 9.01. The van der Waals surface area contributed by atoms with E-state index in [1.54, 1.807) is 19.2 Å². The molecule has 1 amide bonds. The molecular formula is C22H22FNO4. The molecule has 0 aliphatic rings. The fourth-order valence-corrected chi connectivity index (χ4v) is 2.85. The van der Waals surface area contributed by atoms with Crippen LogP contribution in [-0.4, -0.2) is 13.0 Å². The van der Waals surface area contributed by atoms with Crippen LogP contribution in [0.4, 0.5) is 4.39 Å². The summed E-state index contributed by atoms with van der Waals surface area (Å²) in [7, 11) is 1.60. The van der Waals surface area contributed by atoms with Gasteiger partial charge in [0.2, 0.25) is 0 Å². The highest BCUT2D eigenvalue weighted by molar-refractivity contribution is 5.91. The Kier molecular flexibility index (Phi) is 6.32. The van der Waals surface area contributed by atoms with E-state index in [1.165, 1.54) is 24.3 Å². The highest BCUT2D eigenvalue weighted by Gasteiger charge is 2.19. The second-order valence-corrected chi connectivity index (χ2v) is 6.18. The van der Waals surface area contributed by atoms with Crippen molar-refractivity contribution in [2.45, 2.75) is 26.0 Å². The molecule has 1 aromatic heterocycles. The lowest BCUT2D eigenvalue weighted by atomic mass is 10.0. The number of rotatable bonds is 8. The van der Waals surface area contributed by atoms with Crippen molar-refractivity contribution in [3.05, 3.63) is 83.6 Å². The Morgan fingerprint density at radius 1 is 1.11 bits per heavy atom. The molecule has 1 unspecified atom stereocenters. The van der Waals surface area contributed by atoms with E-state index < -0.39 is 0 Å². The Balaban J connectivity index is 1.63. The van der Waals surface area contributed by atoms with Crippen molar-refractivity contribution in [3.8, 4) is 11.5 Å². The standard InChI is InChI=1S/C22H22FNO4/c1-3-19(18-6-4-5-7-20(18)26-2)24-22(25)21-13-12-17(28-21)14-27-16-10-8-15(23)9-11-16/h4-13,19H,3,14H2,1-2H3,(H,24,25). The number of ether oxygens (including phenoxy) is 2. The number of halogens is 1. The largest absolute Gasteiger partial charge is 0.496 e. The maximum absolute atomic E-state index is 12.9. The van der Waals surface area contributed by atoms with E-state index in [0.29, 0.717) is 17.9 Å². The molecule has 3 rings (SSSR count). The Morgan fingerprint density at radius 2 is 1.86 bits per heavy atom. The Bertz CT molecular complexity index is 920. The SMILES string of the molecule is CCC(NC(=O)c1ccc(COc2ccc(F)cc2)o1)c1ccccc1OC. The van der Waals surface area contributed by atoms with Gasteiger partial charge in [-0.1, -0.05) is 25.1 Å². The summed E-state index contributed by atoms with van der Waals surface area (Å²) in [5.74, 6) is 1.30. The smallest absolute Gasteiger partial charge is 0.287 e. The highest BCUT2D eigenvalue weighted by atomic mass is 19.1. The van der Waals surface area contributed by atoms with Crippen molar-refractivity contribution in [2.24, 2.45) is 0 Å². The lowest BCUT2D eigenvalue weighted by Crippen LogP contribution is -2.28. The minimum atomic E-state index is -0.329. The average molecular weight is 383 g/mol. The van der Waals surface area contributed by atoms with Gasteiger partial charge in [-0.2, -0.15) is 0 Å². The van der Waals surface area contributed by atoms with E-state index in [-0.39, 0.29) is 30.1 Å². The van der Waals surface area contributed by atoms with Crippen LogP contribution in [0.15, 0.2) is 65.1 Å². The Morgan fingerprint density at radius 3 is 2.57 bits per heavy atom. The summed E-state index contributed by atoms with van der Waals surface area (Å²) in [5.41, 5.74) is 0.910. The van der Waals surface area contributed by atoms with Crippen LogP contribution >= 0.6 is 0 Å². The third kappa shape index (κ3) is 4.71. The van der Waals surface area contributed by atoms with Crippen molar-refractivity contribution in [1.29, 1.82) is 0 Å². The first kappa shape index (κ1) is 19.5. The number of methoxy groups -OCH3 is 1. The molecule has 3 aromatic rings. The first-order valence-corrected chi connectivity index (χ1v) is 9.01. The average Bonchev–Trinajstić information content (AvgIpc) is 3.20. The predicted octanol–water partition coefficient (Wildman–Crippen LogP) is 4.89. The maximum Gasteiger partial charge on any atom is 0.287 e. The second-order valence-electron chi connectivity index (χ2n) is 6.18. The van der Waals surface area contributed by atoms with Gasteiger partial charge in [-0.15, -0.1) is 0 Å². The third-order valence-corrected chi connectivity index (χ3v) is 4.31. The number of benzene rings is 2. The van der Waals surface area contributed by atoms with Crippen LogP contribution in [0.3, 0.4) is 0 Å². The van der Waals surface area contributed by atoms with Crippen LogP contribution in [0.1, 0.15) is 41.3 Å². The molecular weight excluding hydrogens is 361 g/mol. The molecule has 28 heavy (non-hydrogen) atoms.